The molecule has 0 fully saturated rings. The molecular formula is C18H22IN5O. The van der Waals surface area contributed by atoms with Gasteiger partial charge in [0.2, 0.25) is 5.89 Å². The molecule has 7 heteroatoms. The molecular weight excluding hydrogens is 429 g/mol. The number of hydrogen-bond acceptors (Lipinski definition) is 3. The third-order valence-corrected chi connectivity index (χ3v) is 3.57. The second-order valence-corrected chi connectivity index (χ2v) is 5.26. The monoisotopic (exact) mass is 451 g/mol. The van der Waals surface area contributed by atoms with Crippen LogP contribution in [0.25, 0.3) is 11.3 Å². The number of benzene rings is 1. The third-order valence-electron chi connectivity index (χ3n) is 3.57. The lowest BCUT2D eigenvalue weighted by molar-refractivity contribution is 0.497. The van der Waals surface area contributed by atoms with Crippen molar-refractivity contribution >= 4 is 29.9 Å². The first-order valence-corrected chi connectivity index (χ1v) is 7.90. The van der Waals surface area contributed by atoms with E-state index in [9.17, 15) is 0 Å². The van der Waals surface area contributed by atoms with Gasteiger partial charge in [-0.15, -0.1) is 24.0 Å². The molecule has 0 radical (unpaired) electrons. The van der Waals surface area contributed by atoms with E-state index in [4.69, 9.17) is 4.42 Å². The summed E-state index contributed by atoms with van der Waals surface area (Å²) in [4.78, 5) is 8.51. The molecule has 2 aromatic heterocycles. The Kier molecular flexibility index (Phi) is 7.52. The average molecular weight is 451 g/mol. The highest BCUT2D eigenvalue weighted by molar-refractivity contribution is 14.0. The number of aliphatic imine (C=N–C) groups is 1. The first-order chi connectivity index (χ1) is 11.8. The van der Waals surface area contributed by atoms with Crippen LogP contribution in [0.1, 0.15) is 5.89 Å². The molecule has 132 valence electrons. The zero-order valence-corrected chi connectivity index (χ0v) is 16.4. The molecule has 0 aliphatic rings. The lowest BCUT2D eigenvalue weighted by atomic mass is 10.2. The van der Waals surface area contributed by atoms with Crippen LogP contribution in [0.3, 0.4) is 0 Å². The minimum atomic E-state index is 0. The maximum Gasteiger partial charge on any atom is 0.214 e. The van der Waals surface area contributed by atoms with Gasteiger partial charge in [-0.2, -0.15) is 0 Å². The Hall–Kier alpha value is -2.29. The maximum absolute atomic E-state index is 5.77. The minimum absolute atomic E-state index is 0. The van der Waals surface area contributed by atoms with Crippen LogP contribution >= 0.6 is 24.0 Å². The smallest absolute Gasteiger partial charge is 0.214 e. The van der Waals surface area contributed by atoms with Gasteiger partial charge in [-0.05, 0) is 12.1 Å². The van der Waals surface area contributed by atoms with E-state index in [2.05, 4.69) is 25.2 Å². The molecule has 25 heavy (non-hydrogen) atoms. The van der Waals surface area contributed by atoms with Crippen LogP contribution in [-0.2, 0) is 13.1 Å². The number of rotatable bonds is 6. The fourth-order valence-corrected chi connectivity index (χ4v) is 2.33. The van der Waals surface area contributed by atoms with Crippen molar-refractivity contribution in [2.24, 2.45) is 4.99 Å². The molecule has 0 saturated heterocycles. The SMILES string of the molecule is CN=C(NCCn1cccc1)NCc1ncc(-c2ccccc2)o1.I. The van der Waals surface area contributed by atoms with E-state index in [1.807, 2.05) is 54.9 Å². The molecule has 0 atom stereocenters. The van der Waals surface area contributed by atoms with Crippen LogP contribution in [0.4, 0.5) is 0 Å². The number of nitrogens with zero attached hydrogens (tertiary/aromatic N) is 3. The van der Waals surface area contributed by atoms with Gasteiger partial charge >= 0.3 is 0 Å². The summed E-state index contributed by atoms with van der Waals surface area (Å²) in [5, 5.41) is 6.47. The van der Waals surface area contributed by atoms with Gasteiger partial charge in [0.15, 0.2) is 11.7 Å². The first-order valence-electron chi connectivity index (χ1n) is 7.90. The molecule has 3 rings (SSSR count). The van der Waals surface area contributed by atoms with E-state index in [1.54, 1.807) is 13.2 Å². The van der Waals surface area contributed by atoms with Gasteiger partial charge in [0.25, 0.3) is 0 Å². The molecule has 0 aliphatic carbocycles. The summed E-state index contributed by atoms with van der Waals surface area (Å²) in [6.07, 6.45) is 5.82. The van der Waals surface area contributed by atoms with E-state index in [0.717, 1.165) is 30.4 Å². The minimum Gasteiger partial charge on any atom is -0.439 e. The van der Waals surface area contributed by atoms with Crippen molar-refractivity contribution in [3.8, 4) is 11.3 Å². The molecule has 3 aromatic rings. The Labute approximate surface area is 164 Å². The van der Waals surface area contributed by atoms with Crippen LogP contribution < -0.4 is 10.6 Å². The third kappa shape index (κ3) is 5.63. The summed E-state index contributed by atoms with van der Waals surface area (Å²) in [5.74, 6) is 2.12. The highest BCUT2D eigenvalue weighted by Gasteiger charge is 2.06. The summed E-state index contributed by atoms with van der Waals surface area (Å²) >= 11 is 0. The lowest BCUT2D eigenvalue weighted by Crippen LogP contribution is -2.38. The topological polar surface area (TPSA) is 67.4 Å². The van der Waals surface area contributed by atoms with Crippen LogP contribution in [0.15, 0.2) is 70.5 Å². The second kappa shape index (κ2) is 9.87. The Morgan fingerprint density at radius 1 is 1.12 bits per heavy atom. The fraction of sp³-hybridized carbons (Fsp3) is 0.222. The second-order valence-electron chi connectivity index (χ2n) is 5.26. The number of guanidine groups is 1. The molecule has 0 spiro atoms. The quantitative estimate of drug-likeness (QED) is 0.344. The van der Waals surface area contributed by atoms with Gasteiger partial charge in [0, 0.05) is 38.1 Å². The van der Waals surface area contributed by atoms with Crippen LogP contribution in [0.5, 0.6) is 0 Å². The molecule has 0 amide bonds. The first kappa shape index (κ1) is 19.0. The number of aromatic nitrogens is 2. The van der Waals surface area contributed by atoms with E-state index in [1.165, 1.54) is 0 Å². The molecule has 2 N–H and O–H groups in total. The van der Waals surface area contributed by atoms with Crippen molar-refractivity contribution in [3.05, 3.63) is 66.9 Å². The van der Waals surface area contributed by atoms with Gasteiger partial charge in [-0.1, -0.05) is 30.3 Å². The predicted molar refractivity (Wildman–Crippen MR) is 110 cm³/mol. The molecule has 1 aromatic carbocycles. The fourth-order valence-electron chi connectivity index (χ4n) is 2.33. The van der Waals surface area contributed by atoms with E-state index in [0.29, 0.717) is 12.4 Å². The number of halogens is 1. The molecule has 0 bridgehead atoms. The van der Waals surface area contributed by atoms with Crippen molar-refractivity contribution < 1.29 is 4.42 Å². The van der Waals surface area contributed by atoms with Crippen molar-refractivity contribution in [1.82, 2.24) is 20.2 Å². The van der Waals surface area contributed by atoms with Crippen molar-refractivity contribution in [2.75, 3.05) is 13.6 Å². The number of hydrogen-bond donors (Lipinski definition) is 2. The van der Waals surface area contributed by atoms with Crippen molar-refractivity contribution in [3.63, 3.8) is 0 Å². The zero-order valence-electron chi connectivity index (χ0n) is 14.1. The summed E-state index contributed by atoms with van der Waals surface area (Å²) in [5.41, 5.74) is 1.02. The predicted octanol–water partition coefficient (Wildman–Crippen LogP) is 3.13. The Balaban J connectivity index is 0.00000225. The summed E-state index contributed by atoms with van der Waals surface area (Å²) in [6.45, 7) is 2.15. The van der Waals surface area contributed by atoms with Gasteiger partial charge in [0.05, 0.1) is 12.7 Å². The van der Waals surface area contributed by atoms with Gasteiger partial charge in [0.1, 0.15) is 0 Å². The standard InChI is InChI=1S/C18H21N5O.HI/c1-19-18(20-9-12-23-10-5-6-11-23)22-14-17-21-13-16(24-17)15-7-3-2-4-8-15;/h2-8,10-11,13H,9,12,14H2,1H3,(H2,19,20,22);1H. The van der Waals surface area contributed by atoms with E-state index >= 15 is 0 Å². The summed E-state index contributed by atoms with van der Waals surface area (Å²) in [6, 6.07) is 14.0. The van der Waals surface area contributed by atoms with Crippen LogP contribution in [-0.4, -0.2) is 29.1 Å². The number of oxazole rings is 1. The summed E-state index contributed by atoms with van der Waals surface area (Å²) in [7, 11) is 1.75. The largest absolute Gasteiger partial charge is 0.439 e. The average Bonchev–Trinajstić information content (AvgIpc) is 3.30. The Morgan fingerprint density at radius 3 is 2.60 bits per heavy atom. The number of nitrogens with one attached hydrogen (secondary N) is 2. The van der Waals surface area contributed by atoms with Crippen LogP contribution in [0, 0.1) is 0 Å². The highest BCUT2D eigenvalue weighted by atomic mass is 127. The highest BCUT2D eigenvalue weighted by Crippen LogP contribution is 2.19. The normalized spacial score (nSPS) is 11.0. The molecule has 0 unspecified atom stereocenters. The zero-order chi connectivity index (χ0) is 16.6. The molecule has 6 nitrogen and oxygen atoms in total. The van der Waals surface area contributed by atoms with Crippen molar-refractivity contribution in [2.45, 2.75) is 13.1 Å². The van der Waals surface area contributed by atoms with Crippen molar-refractivity contribution in [1.29, 1.82) is 0 Å². The molecule has 0 aliphatic heterocycles. The molecule has 0 saturated carbocycles. The van der Waals surface area contributed by atoms with E-state index < -0.39 is 0 Å². The van der Waals surface area contributed by atoms with Gasteiger partial charge < -0.3 is 19.6 Å². The van der Waals surface area contributed by atoms with E-state index in [-0.39, 0.29) is 24.0 Å². The Bertz CT molecular complexity index is 768. The van der Waals surface area contributed by atoms with Crippen LogP contribution in [0.2, 0.25) is 0 Å². The maximum atomic E-state index is 5.77. The summed E-state index contributed by atoms with van der Waals surface area (Å²) < 4.78 is 7.88. The molecule has 2 heterocycles. The lowest BCUT2D eigenvalue weighted by Gasteiger charge is -2.11. The van der Waals surface area contributed by atoms with Gasteiger partial charge in [-0.25, -0.2) is 4.98 Å². The van der Waals surface area contributed by atoms with Gasteiger partial charge in [-0.3, -0.25) is 4.99 Å². The Morgan fingerprint density at radius 2 is 1.88 bits per heavy atom.